The summed E-state index contributed by atoms with van der Waals surface area (Å²) in [6.07, 6.45) is 0. The second-order valence-electron chi connectivity index (χ2n) is 6.71. The summed E-state index contributed by atoms with van der Waals surface area (Å²) in [5.41, 5.74) is 0.258. The normalized spacial score (nSPS) is 10.9. The molecule has 0 saturated carbocycles. The SMILES string of the molecule is COc1ccc(OC)c(C(=O)COC(=O)c2cccc(S(=O)(=O)Nc3ccc(F)cc3)c2)c1. The molecule has 172 valence electrons. The van der Waals surface area contributed by atoms with Gasteiger partial charge in [-0.2, -0.15) is 0 Å². The van der Waals surface area contributed by atoms with Crippen LogP contribution in [0.25, 0.3) is 0 Å². The number of ketones is 1. The predicted molar refractivity (Wildman–Crippen MR) is 118 cm³/mol. The second-order valence-corrected chi connectivity index (χ2v) is 8.39. The lowest BCUT2D eigenvalue weighted by Crippen LogP contribution is -2.16. The van der Waals surface area contributed by atoms with E-state index in [1.54, 1.807) is 12.1 Å². The average Bonchev–Trinajstić information content (AvgIpc) is 2.83. The maximum Gasteiger partial charge on any atom is 0.338 e. The van der Waals surface area contributed by atoms with Crippen LogP contribution in [0.15, 0.2) is 71.6 Å². The number of rotatable bonds is 9. The molecule has 0 heterocycles. The zero-order valence-corrected chi connectivity index (χ0v) is 18.5. The van der Waals surface area contributed by atoms with E-state index in [1.807, 2.05) is 0 Å². The van der Waals surface area contributed by atoms with Crippen LogP contribution in [-0.4, -0.2) is 41.0 Å². The van der Waals surface area contributed by atoms with Crippen molar-refractivity contribution in [1.29, 1.82) is 0 Å². The number of hydrogen-bond donors (Lipinski definition) is 1. The molecule has 0 fully saturated rings. The monoisotopic (exact) mass is 473 g/mol. The molecule has 10 heteroatoms. The largest absolute Gasteiger partial charge is 0.497 e. The van der Waals surface area contributed by atoms with Crippen molar-refractivity contribution in [2.75, 3.05) is 25.5 Å². The molecule has 3 aromatic carbocycles. The maximum absolute atomic E-state index is 13.0. The van der Waals surface area contributed by atoms with Gasteiger partial charge in [-0.25, -0.2) is 17.6 Å². The Labute approximate surface area is 190 Å². The molecule has 0 aromatic heterocycles. The standard InChI is InChI=1S/C23H20FNO7S/c1-30-18-10-11-22(31-2)20(13-18)21(26)14-32-23(27)15-4-3-5-19(12-15)33(28,29)25-17-8-6-16(24)7-9-17/h3-13,25H,14H2,1-2H3. The van der Waals surface area contributed by atoms with Gasteiger partial charge in [-0.05, 0) is 60.7 Å². The number of methoxy groups -OCH3 is 2. The minimum Gasteiger partial charge on any atom is -0.497 e. The number of Topliss-reactive ketones (excluding diaryl/α,β-unsaturated/α-hetero) is 1. The van der Waals surface area contributed by atoms with E-state index in [2.05, 4.69) is 4.72 Å². The summed E-state index contributed by atoms with van der Waals surface area (Å²) in [6.45, 7) is -0.590. The molecular formula is C23H20FNO7S. The van der Waals surface area contributed by atoms with Crippen molar-refractivity contribution in [3.05, 3.63) is 83.7 Å². The number of hydrogen-bond acceptors (Lipinski definition) is 7. The molecule has 3 rings (SSSR count). The first kappa shape index (κ1) is 23.7. The quantitative estimate of drug-likeness (QED) is 0.373. The number of benzene rings is 3. The van der Waals surface area contributed by atoms with Crippen LogP contribution in [0.5, 0.6) is 11.5 Å². The van der Waals surface area contributed by atoms with Gasteiger partial charge in [0.05, 0.1) is 30.2 Å². The first-order valence-electron chi connectivity index (χ1n) is 9.54. The van der Waals surface area contributed by atoms with Gasteiger partial charge in [0.2, 0.25) is 5.78 Å². The summed E-state index contributed by atoms with van der Waals surface area (Å²) in [5.74, 6) is -1.21. The number of sulfonamides is 1. The molecule has 1 N–H and O–H groups in total. The molecule has 0 radical (unpaired) electrons. The van der Waals surface area contributed by atoms with E-state index in [1.165, 1.54) is 50.6 Å². The molecule has 0 aliphatic rings. The summed E-state index contributed by atoms with van der Waals surface area (Å²) < 4.78 is 55.9. The van der Waals surface area contributed by atoms with E-state index in [9.17, 15) is 22.4 Å². The van der Waals surface area contributed by atoms with Gasteiger partial charge < -0.3 is 14.2 Å². The van der Waals surface area contributed by atoms with Gasteiger partial charge in [0.25, 0.3) is 10.0 Å². The summed E-state index contributed by atoms with van der Waals surface area (Å²) in [5, 5.41) is 0. The molecule has 8 nitrogen and oxygen atoms in total. The van der Waals surface area contributed by atoms with Crippen molar-refractivity contribution in [3.63, 3.8) is 0 Å². The van der Waals surface area contributed by atoms with Gasteiger partial charge in [0, 0.05) is 5.69 Å². The molecule has 0 amide bonds. The molecule has 0 saturated heterocycles. The van der Waals surface area contributed by atoms with Crippen molar-refractivity contribution in [1.82, 2.24) is 0 Å². The van der Waals surface area contributed by atoms with Gasteiger partial charge in [-0.15, -0.1) is 0 Å². The molecule has 0 unspecified atom stereocenters. The lowest BCUT2D eigenvalue weighted by Gasteiger charge is -2.11. The highest BCUT2D eigenvalue weighted by Gasteiger charge is 2.19. The summed E-state index contributed by atoms with van der Waals surface area (Å²) in [4.78, 5) is 24.8. The van der Waals surface area contributed by atoms with Crippen molar-refractivity contribution < 1.29 is 36.6 Å². The number of ether oxygens (including phenoxy) is 3. The Balaban J connectivity index is 1.72. The van der Waals surface area contributed by atoms with Crippen molar-refractivity contribution in [3.8, 4) is 11.5 Å². The van der Waals surface area contributed by atoms with Gasteiger partial charge in [0.15, 0.2) is 6.61 Å². The van der Waals surface area contributed by atoms with Gasteiger partial charge >= 0.3 is 5.97 Å². The van der Waals surface area contributed by atoms with Crippen LogP contribution >= 0.6 is 0 Å². The molecule has 0 bridgehead atoms. The fourth-order valence-electron chi connectivity index (χ4n) is 2.85. The van der Waals surface area contributed by atoms with E-state index in [-0.39, 0.29) is 27.5 Å². The number of carbonyl (C=O) groups excluding carboxylic acids is 2. The van der Waals surface area contributed by atoms with Gasteiger partial charge in [0.1, 0.15) is 17.3 Å². The first-order valence-corrected chi connectivity index (χ1v) is 11.0. The first-order chi connectivity index (χ1) is 15.7. The van der Waals surface area contributed by atoms with Gasteiger partial charge in [-0.3, -0.25) is 9.52 Å². The Bertz CT molecular complexity index is 1270. The molecule has 33 heavy (non-hydrogen) atoms. The van der Waals surface area contributed by atoms with E-state index >= 15 is 0 Å². The highest BCUT2D eigenvalue weighted by atomic mass is 32.2. The summed E-state index contributed by atoms with van der Waals surface area (Å²) >= 11 is 0. The van der Waals surface area contributed by atoms with Crippen LogP contribution in [0.4, 0.5) is 10.1 Å². The highest BCUT2D eigenvalue weighted by molar-refractivity contribution is 7.92. The van der Waals surface area contributed by atoms with Crippen LogP contribution in [0.3, 0.4) is 0 Å². The number of halogens is 1. The van der Waals surface area contributed by atoms with Gasteiger partial charge in [-0.1, -0.05) is 6.07 Å². The molecule has 0 aliphatic heterocycles. The van der Waals surface area contributed by atoms with Crippen LogP contribution in [0, 0.1) is 5.82 Å². The molecule has 0 atom stereocenters. The number of esters is 1. The Morgan fingerprint density at radius 2 is 1.67 bits per heavy atom. The van der Waals surface area contributed by atoms with E-state index < -0.39 is 34.2 Å². The minimum absolute atomic E-state index is 0.0672. The van der Waals surface area contributed by atoms with E-state index in [4.69, 9.17) is 14.2 Å². The topological polar surface area (TPSA) is 108 Å². The lowest BCUT2D eigenvalue weighted by molar-refractivity contribution is 0.0473. The maximum atomic E-state index is 13.0. The fourth-order valence-corrected chi connectivity index (χ4v) is 3.95. The summed E-state index contributed by atoms with van der Waals surface area (Å²) in [7, 11) is -1.20. The van der Waals surface area contributed by atoms with Crippen LogP contribution in [-0.2, 0) is 14.8 Å². The van der Waals surface area contributed by atoms with Crippen LogP contribution in [0.2, 0.25) is 0 Å². The average molecular weight is 473 g/mol. The van der Waals surface area contributed by atoms with Crippen LogP contribution in [0.1, 0.15) is 20.7 Å². The number of carbonyl (C=O) groups is 2. The Morgan fingerprint density at radius 3 is 2.33 bits per heavy atom. The minimum atomic E-state index is -4.05. The third kappa shape index (κ3) is 5.86. The number of anilines is 1. The smallest absolute Gasteiger partial charge is 0.338 e. The highest BCUT2D eigenvalue weighted by Crippen LogP contribution is 2.24. The third-order valence-corrected chi connectivity index (χ3v) is 5.90. The summed E-state index contributed by atoms with van der Waals surface area (Å²) in [6, 6.07) is 14.5. The van der Waals surface area contributed by atoms with E-state index in [0.717, 1.165) is 18.2 Å². The van der Waals surface area contributed by atoms with E-state index in [0.29, 0.717) is 5.75 Å². The zero-order valence-electron chi connectivity index (χ0n) is 17.7. The predicted octanol–water partition coefficient (Wildman–Crippen LogP) is 3.68. The lowest BCUT2D eigenvalue weighted by atomic mass is 10.1. The zero-order chi connectivity index (χ0) is 24.0. The van der Waals surface area contributed by atoms with Crippen molar-refractivity contribution in [2.24, 2.45) is 0 Å². The number of nitrogens with one attached hydrogen (secondary N) is 1. The Hall–Kier alpha value is -3.92. The Morgan fingerprint density at radius 1 is 0.939 bits per heavy atom. The Kier molecular flexibility index (Phi) is 7.29. The fraction of sp³-hybridized carbons (Fsp3) is 0.130. The second kappa shape index (κ2) is 10.1. The van der Waals surface area contributed by atoms with Crippen molar-refractivity contribution in [2.45, 2.75) is 4.90 Å². The molecule has 0 aliphatic carbocycles. The van der Waals surface area contributed by atoms with Crippen LogP contribution < -0.4 is 14.2 Å². The molecular weight excluding hydrogens is 453 g/mol. The molecule has 0 spiro atoms. The van der Waals surface area contributed by atoms with Crippen molar-refractivity contribution >= 4 is 27.5 Å². The molecule has 3 aromatic rings. The third-order valence-electron chi connectivity index (χ3n) is 4.52.